The van der Waals surface area contributed by atoms with Crippen LogP contribution >= 0.6 is 12.4 Å². The summed E-state index contributed by atoms with van der Waals surface area (Å²) in [4.78, 5) is 13.6. The first-order valence-electron chi connectivity index (χ1n) is 6.52. The van der Waals surface area contributed by atoms with Crippen molar-refractivity contribution in [2.24, 2.45) is 5.16 Å². The van der Waals surface area contributed by atoms with Gasteiger partial charge in [-0.1, -0.05) is 35.5 Å². The molecule has 1 aliphatic heterocycles. The van der Waals surface area contributed by atoms with E-state index in [1.54, 1.807) is 0 Å². The summed E-state index contributed by atoms with van der Waals surface area (Å²) in [7, 11) is 0. The molecule has 6 heteroatoms. The lowest BCUT2D eigenvalue weighted by Gasteiger charge is -2.32. The quantitative estimate of drug-likeness (QED) is 0.504. The number of nitrogens with one attached hydrogen (secondary N) is 1. The van der Waals surface area contributed by atoms with Crippen LogP contribution in [0.1, 0.15) is 18.4 Å². The van der Waals surface area contributed by atoms with Gasteiger partial charge in [-0.25, -0.2) is 0 Å². The standard InChI is InChI=1S/C14H19N3O2.ClH/c18-14(10-15-19)16-13-6-8-17(9-7-13)11-12-4-2-1-3-5-12;/h1-5,10,13,19H,6-9,11H2,(H,16,18);1H. The van der Waals surface area contributed by atoms with Crippen molar-refractivity contribution in [1.82, 2.24) is 10.2 Å². The van der Waals surface area contributed by atoms with Crippen LogP contribution in [-0.4, -0.2) is 41.4 Å². The van der Waals surface area contributed by atoms with Gasteiger partial charge in [0.15, 0.2) is 0 Å². The molecule has 0 aromatic heterocycles. The third-order valence-electron chi connectivity index (χ3n) is 3.36. The number of carbonyl (C=O) groups excluding carboxylic acids is 1. The van der Waals surface area contributed by atoms with E-state index >= 15 is 0 Å². The van der Waals surface area contributed by atoms with E-state index in [0.717, 1.165) is 38.7 Å². The molecule has 0 atom stereocenters. The number of amides is 1. The molecule has 1 aliphatic rings. The second-order valence-electron chi connectivity index (χ2n) is 4.79. The summed E-state index contributed by atoms with van der Waals surface area (Å²) in [5.74, 6) is -0.330. The van der Waals surface area contributed by atoms with E-state index in [1.165, 1.54) is 5.56 Å². The Labute approximate surface area is 125 Å². The molecule has 2 N–H and O–H groups in total. The van der Waals surface area contributed by atoms with Crippen molar-refractivity contribution in [3.05, 3.63) is 35.9 Å². The first-order chi connectivity index (χ1) is 9.28. The fourth-order valence-corrected chi connectivity index (χ4v) is 2.37. The first kappa shape index (κ1) is 16.5. The van der Waals surface area contributed by atoms with Crippen molar-refractivity contribution >= 4 is 24.5 Å². The van der Waals surface area contributed by atoms with Gasteiger partial charge in [-0.15, -0.1) is 12.4 Å². The molecule has 1 aromatic rings. The zero-order valence-electron chi connectivity index (χ0n) is 11.2. The van der Waals surface area contributed by atoms with E-state index in [1.807, 2.05) is 6.07 Å². The van der Waals surface area contributed by atoms with Gasteiger partial charge >= 0.3 is 0 Å². The van der Waals surface area contributed by atoms with Crippen LogP contribution in [-0.2, 0) is 11.3 Å². The third kappa shape index (κ3) is 5.19. The molecule has 0 spiro atoms. The second-order valence-corrected chi connectivity index (χ2v) is 4.79. The van der Waals surface area contributed by atoms with Crippen molar-refractivity contribution in [3.8, 4) is 0 Å². The molecule has 0 unspecified atom stereocenters. The van der Waals surface area contributed by atoms with Crippen molar-refractivity contribution in [1.29, 1.82) is 0 Å². The Morgan fingerprint density at radius 2 is 2.00 bits per heavy atom. The molecule has 1 aromatic carbocycles. The minimum Gasteiger partial charge on any atom is -0.411 e. The number of carbonyl (C=O) groups is 1. The Balaban J connectivity index is 0.00000200. The van der Waals surface area contributed by atoms with Crippen LogP contribution in [0.3, 0.4) is 0 Å². The minimum absolute atomic E-state index is 0. The van der Waals surface area contributed by atoms with Gasteiger partial charge < -0.3 is 10.5 Å². The highest BCUT2D eigenvalue weighted by atomic mass is 35.5. The van der Waals surface area contributed by atoms with Crippen LogP contribution in [0.4, 0.5) is 0 Å². The van der Waals surface area contributed by atoms with Gasteiger partial charge in [0.2, 0.25) is 0 Å². The van der Waals surface area contributed by atoms with Crippen LogP contribution in [0, 0.1) is 0 Å². The summed E-state index contributed by atoms with van der Waals surface area (Å²) in [6.45, 7) is 2.89. The van der Waals surface area contributed by atoms with Crippen LogP contribution in [0.2, 0.25) is 0 Å². The highest BCUT2D eigenvalue weighted by Gasteiger charge is 2.20. The van der Waals surface area contributed by atoms with Crippen molar-refractivity contribution in [2.75, 3.05) is 13.1 Å². The number of rotatable bonds is 4. The zero-order valence-corrected chi connectivity index (χ0v) is 12.1. The molecule has 0 saturated carbocycles. The van der Waals surface area contributed by atoms with Gasteiger partial charge in [-0.3, -0.25) is 9.69 Å². The number of halogens is 1. The monoisotopic (exact) mass is 297 g/mol. The van der Waals surface area contributed by atoms with Crippen LogP contribution in [0.15, 0.2) is 35.5 Å². The van der Waals surface area contributed by atoms with E-state index in [9.17, 15) is 4.79 Å². The lowest BCUT2D eigenvalue weighted by atomic mass is 10.0. The fraction of sp³-hybridized carbons (Fsp3) is 0.429. The smallest absolute Gasteiger partial charge is 0.266 e. The average molecular weight is 298 g/mol. The van der Waals surface area contributed by atoms with E-state index in [0.29, 0.717) is 0 Å². The Kier molecular flexibility index (Phi) is 7.04. The normalized spacial score (nSPS) is 16.8. The maximum Gasteiger partial charge on any atom is 0.266 e. The Bertz CT molecular complexity index is 431. The number of hydrogen-bond acceptors (Lipinski definition) is 4. The molecule has 2 rings (SSSR count). The number of piperidine rings is 1. The maximum absolute atomic E-state index is 11.2. The van der Waals surface area contributed by atoms with E-state index in [-0.39, 0.29) is 24.4 Å². The maximum atomic E-state index is 11.2. The molecule has 1 saturated heterocycles. The van der Waals surface area contributed by atoms with Gasteiger partial charge in [0, 0.05) is 25.7 Å². The molecule has 0 aliphatic carbocycles. The minimum atomic E-state index is -0.330. The topological polar surface area (TPSA) is 64.9 Å². The molecule has 1 amide bonds. The molecule has 1 heterocycles. The van der Waals surface area contributed by atoms with E-state index in [2.05, 4.69) is 39.6 Å². The second kappa shape index (κ2) is 8.55. The van der Waals surface area contributed by atoms with E-state index < -0.39 is 0 Å². The molecule has 20 heavy (non-hydrogen) atoms. The van der Waals surface area contributed by atoms with Gasteiger partial charge in [0.25, 0.3) is 5.91 Å². The van der Waals surface area contributed by atoms with Crippen molar-refractivity contribution in [2.45, 2.75) is 25.4 Å². The van der Waals surface area contributed by atoms with Gasteiger partial charge in [-0.05, 0) is 18.4 Å². The molecule has 0 bridgehead atoms. The third-order valence-corrected chi connectivity index (χ3v) is 3.36. The van der Waals surface area contributed by atoms with Gasteiger partial charge in [0.05, 0.1) is 0 Å². The number of benzene rings is 1. The Morgan fingerprint density at radius 3 is 2.60 bits per heavy atom. The lowest BCUT2D eigenvalue weighted by molar-refractivity contribution is -0.115. The predicted octanol–water partition coefficient (Wildman–Crippen LogP) is 1.65. The van der Waals surface area contributed by atoms with Crippen LogP contribution < -0.4 is 5.32 Å². The fourth-order valence-electron chi connectivity index (χ4n) is 2.37. The van der Waals surface area contributed by atoms with Crippen molar-refractivity contribution in [3.63, 3.8) is 0 Å². The number of likely N-dealkylation sites (tertiary alicyclic amines) is 1. The van der Waals surface area contributed by atoms with Crippen LogP contribution in [0.25, 0.3) is 0 Å². The van der Waals surface area contributed by atoms with Crippen LogP contribution in [0.5, 0.6) is 0 Å². The molecular formula is C14H20ClN3O2. The number of hydrogen-bond donors (Lipinski definition) is 2. The highest BCUT2D eigenvalue weighted by molar-refractivity contribution is 6.26. The summed E-state index contributed by atoms with van der Waals surface area (Å²) in [6, 6.07) is 10.6. The predicted molar refractivity (Wildman–Crippen MR) is 80.4 cm³/mol. The van der Waals surface area contributed by atoms with Crippen molar-refractivity contribution < 1.29 is 10.0 Å². The first-order valence-corrected chi connectivity index (χ1v) is 6.52. The molecule has 0 radical (unpaired) electrons. The largest absolute Gasteiger partial charge is 0.411 e. The Morgan fingerprint density at radius 1 is 1.35 bits per heavy atom. The summed E-state index contributed by atoms with van der Waals surface area (Å²) >= 11 is 0. The van der Waals surface area contributed by atoms with Gasteiger partial charge in [0.1, 0.15) is 6.21 Å². The highest BCUT2D eigenvalue weighted by Crippen LogP contribution is 2.13. The molecule has 5 nitrogen and oxygen atoms in total. The number of nitrogens with zero attached hydrogens (tertiary/aromatic N) is 2. The molecular weight excluding hydrogens is 278 g/mol. The molecule has 1 fully saturated rings. The summed E-state index contributed by atoms with van der Waals surface area (Å²) in [5, 5.41) is 13.8. The molecule has 110 valence electrons. The SMILES string of the molecule is Cl.O=C(C=NO)NC1CCN(Cc2ccccc2)CC1. The zero-order chi connectivity index (χ0) is 13.5. The lowest BCUT2D eigenvalue weighted by Crippen LogP contribution is -2.44. The van der Waals surface area contributed by atoms with E-state index in [4.69, 9.17) is 5.21 Å². The van der Waals surface area contributed by atoms with Gasteiger partial charge in [-0.2, -0.15) is 0 Å². The number of oxime groups is 1. The Hall–Kier alpha value is -1.59. The summed E-state index contributed by atoms with van der Waals surface area (Å²) in [5.41, 5.74) is 1.32. The summed E-state index contributed by atoms with van der Waals surface area (Å²) < 4.78 is 0. The summed E-state index contributed by atoms with van der Waals surface area (Å²) in [6.07, 6.45) is 2.76. The average Bonchev–Trinajstić information content (AvgIpc) is 2.42.